The van der Waals surface area contributed by atoms with Crippen LogP contribution in [0, 0.1) is 24.7 Å². The third kappa shape index (κ3) is 4.93. The van der Waals surface area contributed by atoms with Crippen molar-refractivity contribution >= 4 is 17.5 Å². The summed E-state index contributed by atoms with van der Waals surface area (Å²) in [5, 5.41) is 29.1. The van der Waals surface area contributed by atoms with Gasteiger partial charge in [0.05, 0.1) is 18.6 Å². The molecular formula is C20H27NO6. The Morgan fingerprint density at radius 3 is 2.56 bits per heavy atom. The van der Waals surface area contributed by atoms with Crippen molar-refractivity contribution in [1.82, 2.24) is 0 Å². The highest BCUT2D eigenvalue weighted by molar-refractivity contribution is 6.01. The van der Waals surface area contributed by atoms with Gasteiger partial charge in [0.1, 0.15) is 11.5 Å². The van der Waals surface area contributed by atoms with Crippen molar-refractivity contribution in [2.24, 2.45) is 23.5 Å². The summed E-state index contributed by atoms with van der Waals surface area (Å²) in [6.45, 7) is 1.28. The van der Waals surface area contributed by atoms with Gasteiger partial charge in [0.15, 0.2) is 5.78 Å². The van der Waals surface area contributed by atoms with Crippen molar-refractivity contribution in [3.05, 3.63) is 28.8 Å². The van der Waals surface area contributed by atoms with E-state index in [9.17, 15) is 29.7 Å². The van der Waals surface area contributed by atoms with Gasteiger partial charge in [-0.3, -0.25) is 14.4 Å². The largest absolute Gasteiger partial charge is 0.507 e. The van der Waals surface area contributed by atoms with E-state index in [4.69, 9.17) is 5.73 Å². The molecule has 0 aliphatic heterocycles. The lowest BCUT2D eigenvalue weighted by atomic mass is 9.73. The molecule has 3 unspecified atom stereocenters. The van der Waals surface area contributed by atoms with Crippen LogP contribution in [0.25, 0.3) is 0 Å². The van der Waals surface area contributed by atoms with E-state index in [1.54, 1.807) is 6.07 Å². The number of carbonyl (C=O) groups is 3. The maximum atomic E-state index is 12.5. The van der Waals surface area contributed by atoms with Gasteiger partial charge in [-0.05, 0) is 55.2 Å². The number of rotatable bonds is 9. The highest BCUT2D eigenvalue weighted by Crippen LogP contribution is 2.37. The van der Waals surface area contributed by atoms with Crippen LogP contribution in [-0.2, 0) is 16.0 Å². The zero-order valence-electron chi connectivity index (χ0n) is 15.5. The summed E-state index contributed by atoms with van der Waals surface area (Å²) in [5.74, 6) is -2.59. The van der Waals surface area contributed by atoms with Gasteiger partial charge in [-0.1, -0.05) is 6.07 Å². The number of hydrogen-bond acceptors (Lipinski definition) is 6. The number of fused-ring (bicyclic) bond motifs is 1. The summed E-state index contributed by atoms with van der Waals surface area (Å²) in [4.78, 5) is 35.9. The lowest BCUT2D eigenvalue weighted by Gasteiger charge is -2.31. The lowest BCUT2D eigenvalue weighted by molar-refractivity contribution is -0.131. The van der Waals surface area contributed by atoms with Crippen LogP contribution < -0.4 is 5.73 Å². The molecule has 0 spiro atoms. The highest BCUT2D eigenvalue weighted by Gasteiger charge is 2.34. The molecule has 148 valence electrons. The molecule has 1 aromatic rings. The maximum absolute atomic E-state index is 12.5. The fourth-order valence-electron chi connectivity index (χ4n) is 4.10. The van der Waals surface area contributed by atoms with Crippen LogP contribution in [0.1, 0.15) is 47.2 Å². The van der Waals surface area contributed by atoms with Crippen molar-refractivity contribution in [3.8, 4) is 5.75 Å². The van der Waals surface area contributed by atoms with E-state index in [1.807, 2.05) is 6.92 Å². The summed E-state index contributed by atoms with van der Waals surface area (Å²) in [6.07, 6.45) is 1.09. The third-order valence-corrected chi connectivity index (χ3v) is 5.43. The first-order valence-electron chi connectivity index (χ1n) is 9.15. The minimum atomic E-state index is -0.800. The van der Waals surface area contributed by atoms with Crippen molar-refractivity contribution in [2.45, 2.75) is 39.0 Å². The molecule has 0 radical (unpaired) electrons. The van der Waals surface area contributed by atoms with Crippen LogP contribution in [0.2, 0.25) is 0 Å². The van der Waals surface area contributed by atoms with Crippen molar-refractivity contribution in [3.63, 3.8) is 0 Å². The molecule has 0 bridgehead atoms. The van der Waals surface area contributed by atoms with Crippen molar-refractivity contribution in [2.75, 3.05) is 13.2 Å². The number of primary amides is 1. The van der Waals surface area contributed by atoms with E-state index in [1.165, 1.54) is 6.07 Å². The first kappa shape index (κ1) is 21.1. The maximum Gasteiger partial charge on any atom is 0.224 e. The summed E-state index contributed by atoms with van der Waals surface area (Å²) >= 11 is 0. The SMILES string of the molecule is Cc1ccc(O)c2c1CC(CC(CCO)C(CO)C(=O)CC(N)=O)CC2=O. The average Bonchev–Trinajstić information content (AvgIpc) is 2.58. The van der Waals surface area contributed by atoms with E-state index < -0.39 is 30.6 Å². The number of phenolic OH excluding ortho intramolecular Hbond substituents is 1. The van der Waals surface area contributed by atoms with Gasteiger partial charge in [-0.25, -0.2) is 0 Å². The number of phenols is 1. The number of nitrogens with two attached hydrogens (primary N) is 1. The van der Waals surface area contributed by atoms with E-state index in [0.717, 1.165) is 11.1 Å². The van der Waals surface area contributed by atoms with Crippen LogP contribution >= 0.6 is 0 Å². The number of benzene rings is 1. The van der Waals surface area contributed by atoms with Gasteiger partial charge in [0, 0.05) is 18.9 Å². The summed E-state index contributed by atoms with van der Waals surface area (Å²) in [6, 6.07) is 3.28. The topological polar surface area (TPSA) is 138 Å². The number of carbonyl (C=O) groups excluding carboxylic acids is 3. The number of Topliss-reactive ketones (excluding diaryl/α,β-unsaturated/α-hetero) is 2. The first-order chi connectivity index (χ1) is 12.8. The molecule has 1 amide bonds. The molecule has 0 saturated heterocycles. The Bertz CT molecular complexity index is 729. The molecule has 2 rings (SSSR count). The van der Waals surface area contributed by atoms with Gasteiger partial charge in [0.25, 0.3) is 0 Å². The van der Waals surface area contributed by atoms with E-state index >= 15 is 0 Å². The molecule has 1 aliphatic carbocycles. The number of amides is 1. The van der Waals surface area contributed by atoms with Crippen LogP contribution in [0.5, 0.6) is 5.75 Å². The third-order valence-electron chi connectivity index (χ3n) is 5.43. The second kappa shape index (κ2) is 9.10. The van der Waals surface area contributed by atoms with E-state index in [2.05, 4.69) is 0 Å². The van der Waals surface area contributed by atoms with Gasteiger partial charge in [-0.2, -0.15) is 0 Å². The van der Waals surface area contributed by atoms with Crippen molar-refractivity contribution in [1.29, 1.82) is 0 Å². The number of aromatic hydroxyl groups is 1. The standard InChI is InChI=1S/C20H27NO6/c1-11-2-3-16(24)20-14(11)7-12(8-18(20)26)6-13(4-5-22)15(10-23)17(25)9-19(21)27/h2-3,12-13,15,22-24H,4-10H2,1H3,(H2,21,27). The zero-order valence-corrected chi connectivity index (χ0v) is 15.5. The summed E-state index contributed by atoms with van der Waals surface area (Å²) in [5.41, 5.74) is 7.18. The predicted molar refractivity (Wildman–Crippen MR) is 98.2 cm³/mol. The molecule has 0 saturated carbocycles. The minimum absolute atomic E-state index is 0.0178. The summed E-state index contributed by atoms with van der Waals surface area (Å²) < 4.78 is 0. The quantitative estimate of drug-likeness (QED) is 0.472. The molecule has 5 N–H and O–H groups in total. The fourth-order valence-corrected chi connectivity index (χ4v) is 4.10. The molecule has 27 heavy (non-hydrogen) atoms. The smallest absolute Gasteiger partial charge is 0.224 e. The van der Waals surface area contributed by atoms with Gasteiger partial charge >= 0.3 is 0 Å². The fraction of sp³-hybridized carbons (Fsp3) is 0.550. The number of aliphatic hydroxyl groups is 2. The Hall–Kier alpha value is -2.25. The lowest BCUT2D eigenvalue weighted by Crippen LogP contribution is -2.33. The molecule has 1 aliphatic rings. The number of hydrogen-bond donors (Lipinski definition) is 4. The highest BCUT2D eigenvalue weighted by atomic mass is 16.3. The number of aliphatic hydroxyl groups excluding tert-OH is 2. The van der Waals surface area contributed by atoms with Crippen LogP contribution in [0.3, 0.4) is 0 Å². The number of ketones is 2. The molecule has 7 nitrogen and oxygen atoms in total. The molecule has 0 aromatic heterocycles. The molecular weight excluding hydrogens is 350 g/mol. The monoisotopic (exact) mass is 377 g/mol. The van der Waals surface area contributed by atoms with Crippen LogP contribution in [-0.4, -0.2) is 46.0 Å². The summed E-state index contributed by atoms with van der Waals surface area (Å²) in [7, 11) is 0. The second-order valence-corrected chi connectivity index (χ2v) is 7.36. The molecule has 3 atom stereocenters. The Morgan fingerprint density at radius 2 is 1.96 bits per heavy atom. The Morgan fingerprint density at radius 1 is 1.26 bits per heavy atom. The first-order valence-corrected chi connectivity index (χ1v) is 9.15. The van der Waals surface area contributed by atoms with E-state index in [-0.39, 0.29) is 42.8 Å². The molecule has 0 heterocycles. The molecule has 7 heteroatoms. The van der Waals surface area contributed by atoms with Crippen LogP contribution in [0.15, 0.2) is 12.1 Å². The Labute approximate surface area is 158 Å². The Balaban J connectivity index is 2.21. The second-order valence-electron chi connectivity index (χ2n) is 7.36. The molecule has 1 aromatic carbocycles. The minimum Gasteiger partial charge on any atom is -0.507 e. The van der Waals surface area contributed by atoms with Gasteiger partial charge in [-0.15, -0.1) is 0 Å². The van der Waals surface area contributed by atoms with E-state index in [0.29, 0.717) is 18.4 Å². The average molecular weight is 377 g/mol. The van der Waals surface area contributed by atoms with Gasteiger partial charge in [0.2, 0.25) is 5.91 Å². The van der Waals surface area contributed by atoms with Crippen LogP contribution in [0.4, 0.5) is 0 Å². The zero-order chi connectivity index (χ0) is 20.1. The predicted octanol–water partition coefficient (Wildman–Crippen LogP) is 0.887. The normalized spacial score (nSPS) is 18.6. The molecule has 0 fully saturated rings. The van der Waals surface area contributed by atoms with Gasteiger partial charge < -0.3 is 21.1 Å². The number of aryl methyl sites for hydroxylation is 1. The van der Waals surface area contributed by atoms with Crippen molar-refractivity contribution < 1.29 is 29.7 Å². The Kier molecular flexibility index (Phi) is 7.10.